The molecule has 6 heterocycles. The maximum Gasteiger partial charge on any atom is 0.282 e. The van der Waals surface area contributed by atoms with Crippen LogP contribution in [0.15, 0.2) is 30.7 Å². The van der Waals surface area contributed by atoms with Crippen molar-refractivity contribution < 1.29 is 13.9 Å². The van der Waals surface area contributed by atoms with Crippen molar-refractivity contribution in [2.45, 2.75) is 70.0 Å². The van der Waals surface area contributed by atoms with E-state index >= 15 is 0 Å². The second-order valence-electron chi connectivity index (χ2n) is 12.9. The normalized spacial score (nSPS) is 21.7. The summed E-state index contributed by atoms with van der Waals surface area (Å²) in [4.78, 5) is 33.2. The average molecular weight is 617 g/mol. The monoisotopic (exact) mass is 616 g/mol. The van der Waals surface area contributed by atoms with Crippen LogP contribution in [-0.2, 0) is 24.2 Å². The molecular formula is C34H45FN8O2. The fourth-order valence-corrected chi connectivity index (χ4v) is 7.59. The molecule has 0 N–H and O–H groups in total. The van der Waals surface area contributed by atoms with Crippen LogP contribution in [0.4, 0.5) is 21.7 Å². The Hall–Kier alpha value is -3.91. The van der Waals surface area contributed by atoms with Gasteiger partial charge in [0.05, 0.1) is 25.1 Å². The van der Waals surface area contributed by atoms with Gasteiger partial charge in [-0.05, 0) is 70.2 Å². The lowest BCUT2D eigenvalue weighted by molar-refractivity contribution is -0.131. The van der Waals surface area contributed by atoms with E-state index in [-0.39, 0.29) is 6.42 Å². The molecule has 4 aliphatic rings. The van der Waals surface area contributed by atoms with Gasteiger partial charge in [-0.25, -0.2) is 9.37 Å². The average Bonchev–Trinajstić information content (AvgIpc) is 3.46. The number of fused-ring (bicyclic) bond motifs is 2. The Bertz CT molecular complexity index is 1460. The molecule has 2 atom stereocenters. The number of nitrogens with zero attached hydrogens (tertiary/aromatic N) is 8. The largest absolute Gasteiger partial charge is 0.478 e. The minimum absolute atomic E-state index is 0.108. The highest BCUT2D eigenvalue weighted by molar-refractivity contribution is 5.91. The highest BCUT2D eigenvalue weighted by Gasteiger charge is 2.35. The fourth-order valence-electron chi connectivity index (χ4n) is 7.59. The van der Waals surface area contributed by atoms with Crippen LogP contribution >= 0.6 is 0 Å². The number of anilines is 3. The summed E-state index contributed by atoms with van der Waals surface area (Å²) < 4.78 is 20.2. The molecule has 45 heavy (non-hydrogen) atoms. The van der Waals surface area contributed by atoms with Crippen molar-refractivity contribution >= 4 is 23.2 Å². The van der Waals surface area contributed by atoms with Crippen LogP contribution in [0.1, 0.15) is 55.2 Å². The van der Waals surface area contributed by atoms with E-state index in [2.05, 4.69) is 58.5 Å². The Morgan fingerprint density at radius 3 is 2.73 bits per heavy atom. The van der Waals surface area contributed by atoms with Gasteiger partial charge >= 0.3 is 0 Å². The summed E-state index contributed by atoms with van der Waals surface area (Å²) in [5, 5.41) is 9.53. The number of amides is 1. The van der Waals surface area contributed by atoms with E-state index in [9.17, 15) is 14.4 Å². The zero-order valence-electron chi connectivity index (χ0n) is 26.7. The van der Waals surface area contributed by atoms with Crippen LogP contribution in [0.5, 0.6) is 5.88 Å². The fraction of sp³-hybridized carbons (Fsp3) is 0.588. The molecule has 10 nitrogen and oxygen atoms in total. The van der Waals surface area contributed by atoms with Gasteiger partial charge in [0.1, 0.15) is 11.6 Å². The van der Waals surface area contributed by atoms with Crippen LogP contribution in [0.25, 0.3) is 0 Å². The number of aromatic nitrogens is 2. The van der Waals surface area contributed by atoms with Gasteiger partial charge in [-0.2, -0.15) is 10.2 Å². The molecule has 0 aromatic carbocycles. The van der Waals surface area contributed by atoms with Crippen molar-refractivity contribution in [2.75, 3.05) is 74.7 Å². The molecule has 2 saturated heterocycles. The van der Waals surface area contributed by atoms with Crippen molar-refractivity contribution in [3.05, 3.63) is 47.4 Å². The maximum absolute atomic E-state index is 13.8. The molecular weight excluding hydrogens is 571 g/mol. The number of ether oxygens (including phenoxy) is 1. The predicted molar refractivity (Wildman–Crippen MR) is 173 cm³/mol. The minimum Gasteiger partial charge on any atom is -0.478 e. The van der Waals surface area contributed by atoms with Gasteiger partial charge in [0.2, 0.25) is 5.88 Å². The first-order valence-corrected chi connectivity index (χ1v) is 16.4. The number of hydrogen-bond donors (Lipinski definition) is 0. The van der Waals surface area contributed by atoms with Crippen molar-refractivity contribution in [3.63, 3.8) is 0 Å². The van der Waals surface area contributed by atoms with Gasteiger partial charge in [0.15, 0.2) is 5.83 Å². The number of carbonyl (C=O) groups excluding carboxylic acids is 1. The van der Waals surface area contributed by atoms with Crippen LogP contribution in [0, 0.1) is 11.3 Å². The molecule has 2 fully saturated rings. The van der Waals surface area contributed by atoms with E-state index < -0.39 is 17.8 Å². The molecule has 11 heteroatoms. The summed E-state index contributed by atoms with van der Waals surface area (Å²) >= 11 is 0. The third-order valence-corrected chi connectivity index (χ3v) is 10.0. The molecule has 0 saturated carbocycles. The van der Waals surface area contributed by atoms with E-state index in [1.54, 1.807) is 0 Å². The first-order valence-electron chi connectivity index (χ1n) is 16.4. The van der Waals surface area contributed by atoms with Crippen molar-refractivity contribution in [3.8, 4) is 11.9 Å². The Balaban J connectivity index is 1.26. The lowest BCUT2D eigenvalue weighted by Crippen LogP contribution is -2.55. The van der Waals surface area contributed by atoms with Gasteiger partial charge in [-0.15, -0.1) is 0 Å². The summed E-state index contributed by atoms with van der Waals surface area (Å²) in [6.45, 7) is 8.70. The first kappa shape index (κ1) is 31.1. The SMILES string of the molecule is C=C(F)C(=O)N1CCN(c2nc(OCCC[C@@H]3CCCN3C)cc3c2CCN(c2nccc4c2CCCN4C)C3)C[C@@H]1CC#N. The second-order valence-corrected chi connectivity index (χ2v) is 12.9. The third-order valence-electron chi connectivity index (χ3n) is 10.0. The lowest BCUT2D eigenvalue weighted by atomic mass is 9.97. The molecule has 0 bridgehead atoms. The summed E-state index contributed by atoms with van der Waals surface area (Å²) in [6.07, 6.45) is 9.52. The number of carbonyl (C=O) groups is 1. The zero-order valence-corrected chi connectivity index (χ0v) is 26.7. The first-order chi connectivity index (χ1) is 21.8. The molecule has 240 valence electrons. The quantitative estimate of drug-likeness (QED) is 0.305. The zero-order chi connectivity index (χ0) is 31.5. The van der Waals surface area contributed by atoms with Gasteiger partial charge in [-0.1, -0.05) is 6.58 Å². The molecule has 2 aromatic heterocycles. The molecule has 2 aromatic rings. The number of piperazine rings is 1. The Morgan fingerprint density at radius 2 is 1.96 bits per heavy atom. The molecule has 0 spiro atoms. The van der Waals surface area contributed by atoms with Crippen LogP contribution in [-0.4, -0.2) is 97.7 Å². The lowest BCUT2D eigenvalue weighted by Gasteiger charge is -2.42. The number of hydrogen-bond acceptors (Lipinski definition) is 9. The van der Waals surface area contributed by atoms with E-state index in [1.807, 2.05) is 6.20 Å². The number of halogens is 1. The number of pyridine rings is 2. The molecule has 0 unspecified atom stereocenters. The molecule has 4 aliphatic heterocycles. The topological polar surface area (TPSA) is 92.1 Å². The highest BCUT2D eigenvalue weighted by atomic mass is 19.1. The number of likely N-dealkylation sites (tertiary alicyclic amines) is 1. The molecule has 6 rings (SSSR count). The smallest absolute Gasteiger partial charge is 0.282 e. The van der Waals surface area contributed by atoms with E-state index in [1.165, 1.54) is 41.1 Å². The van der Waals surface area contributed by atoms with Gasteiger partial charge < -0.3 is 29.2 Å². The maximum atomic E-state index is 13.8. The van der Waals surface area contributed by atoms with Crippen molar-refractivity contribution in [1.29, 1.82) is 5.26 Å². The Morgan fingerprint density at radius 1 is 1.09 bits per heavy atom. The summed E-state index contributed by atoms with van der Waals surface area (Å²) in [5.41, 5.74) is 4.90. The minimum atomic E-state index is -0.996. The molecule has 1 amide bonds. The third kappa shape index (κ3) is 6.57. The summed E-state index contributed by atoms with van der Waals surface area (Å²) in [6, 6.07) is 6.56. The predicted octanol–water partition coefficient (Wildman–Crippen LogP) is 4.09. The second kappa shape index (κ2) is 13.6. The molecule has 0 radical (unpaired) electrons. The van der Waals surface area contributed by atoms with Crippen molar-refractivity contribution in [2.24, 2.45) is 0 Å². The van der Waals surface area contributed by atoms with Gasteiger partial charge in [0.25, 0.3) is 5.91 Å². The highest BCUT2D eigenvalue weighted by Crippen LogP contribution is 2.37. The summed E-state index contributed by atoms with van der Waals surface area (Å²) in [5.74, 6) is 0.757. The summed E-state index contributed by atoms with van der Waals surface area (Å²) in [7, 11) is 4.35. The van der Waals surface area contributed by atoms with Gasteiger partial charge in [0, 0.05) is 81.4 Å². The van der Waals surface area contributed by atoms with Crippen LogP contribution in [0.3, 0.4) is 0 Å². The van der Waals surface area contributed by atoms with Crippen molar-refractivity contribution in [1.82, 2.24) is 19.8 Å². The van der Waals surface area contributed by atoms with E-state index in [0.29, 0.717) is 44.7 Å². The Kier molecular flexibility index (Phi) is 9.40. The van der Waals surface area contributed by atoms with E-state index in [0.717, 1.165) is 62.4 Å². The Labute approximate surface area is 266 Å². The van der Waals surface area contributed by atoms with Crippen LogP contribution in [0.2, 0.25) is 0 Å². The van der Waals surface area contributed by atoms with E-state index in [4.69, 9.17) is 14.7 Å². The number of nitriles is 1. The standard InChI is InChI=1S/C34H45FN8O2/c1-24(35)34(44)43-19-18-42(23-27(43)10-13-36)33-28-12-17-41(32-29-9-5-16-40(3)30(29)11-14-37-32)22-25(28)21-31(38-33)45-20-6-8-26-7-4-15-39(26)2/h11,14,21,26-27H,1,4-10,12,15-20,22-23H2,2-3H3/t26-,27-/m0/s1. The van der Waals surface area contributed by atoms with Gasteiger partial charge in [-0.3, -0.25) is 4.79 Å². The molecule has 0 aliphatic carbocycles. The van der Waals surface area contributed by atoms with Crippen LogP contribution < -0.4 is 19.4 Å². The number of rotatable bonds is 9.